The van der Waals surface area contributed by atoms with Gasteiger partial charge in [0.2, 0.25) is 0 Å². The first kappa shape index (κ1) is 18.4. The average molecular weight is 386 g/mol. The van der Waals surface area contributed by atoms with Crippen molar-refractivity contribution in [2.24, 2.45) is 0 Å². The van der Waals surface area contributed by atoms with E-state index in [4.69, 9.17) is 11.6 Å². The van der Waals surface area contributed by atoms with Crippen LogP contribution in [-0.2, 0) is 4.79 Å². The van der Waals surface area contributed by atoms with Crippen LogP contribution in [0.5, 0.6) is 0 Å². The first-order valence-electron chi connectivity index (χ1n) is 7.96. The van der Waals surface area contributed by atoms with Crippen LogP contribution in [0.4, 0.5) is 4.79 Å². The molecule has 1 aliphatic rings. The Bertz CT molecular complexity index is 914. The molecule has 1 aliphatic heterocycles. The molecule has 3 rings (SSSR count). The number of rotatable bonds is 4. The van der Waals surface area contributed by atoms with Crippen molar-refractivity contribution in [1.29, 1.82) is 0 Å². The van der Waals surface area contributed by atoms with Crippen LogP contribution in [0.3, 0.4) is 0 Å². The van der Waals surface area contributed by atoms with Gasteiger partial charge >= 0.3 is 0 Å². The molecule has 1 fully saturated rings. The summed E-state index contributed by atoms with van der Waals surface area (Å²) in [7, 11) is 0. The van der Waals surface area contributed by atoms with Crippen LogP contribution < -0.4 is 0 Å². The number of thioether (sulfide) groups is 1. The molecule has 0 radical (unpaired) electrons. The first-order chi connectivity index (χ1) is 12.3. The lowest BCUT2D eigenvalue weighted by atomic mass is 10.1. The molecule has 2 aromatic carbocycles. The molecule has 0 aromatic heterocycles. The zero-order valence-electron chi connectivity index (χ0n) is 14.3. The maximum absolute atomic E-state index is 12.6. The van der Waals surface area contributed by atoms with E-state index < -0.39 is 11.1 Å². The van der Waals surface area contributed by atoms with Gasteiger partial charge in [0.1, 0.15) is 0 Å². The number of imide groups is 1. The number of halogens is 1. The molecule has 6 heteroatoms. The van der Waals surface area contributed by atoms with E-state index in [1.54, 1.807) is 30.3 Å². The van der Waals surface area contributed by atoms with E-state index in [1.807, 2.05) is 32.0 Å². The maximum Gasteiger partial charge on any atom is 0.293 e. The first-order valence-corrected chi connectivity index (χ1v) is 9.15. The van der Waals surface area contributed by atoms with Gasteiger partial charge in [-0.3, -0.25) is 19.3 Å². The summed E-state index contributed by atoms with van der Waals surface area (Å²) >= 11 is 6.66. The number of carbonyl (C=O) groups excluding carboxylic acids is 3. The van der Waals surface area contributed by atoms with E-state index in [0.717, 1.165) is 33.4 Å². The topological polar surface area (TPSA) is 54.5 Å². The predicted molar refractivity (Wildman–Crippen MR) is 104 cm³/mol. The van der Waals surface area contributed by atoms with Crippen molar-refractivity contribution in [1.82, 2.24) is 4.90 Å². The molecule has 0 saturated carbocycles. The van der Waals surface area contributed by atoms with Crippen molar-refractivity contribution >= 4 is 46.4 Å². The highest BCUT2D eigenvalue weighted by atomic mass is 35.5. The van der Waals surface area contributed by atoms with Crippen molar-refractivity contribution in [2.75, 3.05) is 6.54 Å². The normalized spacial score (nSPS) is 15.8. The minimum Gasteiger partial charge on any atom is -0.292 e. The van der Waals surface area contributed by atoms with Gasteiger partial charge < -0.3 is 0 Å². The fourth-order valence-corrected chi connectivity index (χ4v) is 3.72. The number of carbonyl (C=O) groups is 3. The summed E-state index contributed by atoms with van der Waals surface area (Å²) < 4.78 is 0. The smallest absolute Gasteiger partial charge is 0.292 e. The predicted octanol–water partition coefficient (Wildman–Crippen LogP) is 4.88. The molecule has 0 unspecified atom stereocenters. The van der Waals surface area contributed by atoms with E-state index in [0.29, 0.717) is 15.5 Å². The number of hydrogen-bond donors (Lipinski definition) is 0. The van der Waals surface area contributed by atoms with Crippen molar-refractivity contribution in [3.05, 3.63) is 74.6 Å². The molecule has 0 spiro atoms. The van der Waals surface area contributed by atoms with Gasteiger partial charge in [0.05, 0.1) is 11.4 Å². The summed E-state index contributed by atoms with van der Waals surface area (Å²) in [6, 6.07) is 12.3. The third-order valence-corrected chi connectivity index (χ3v) is 5.04. The van der Waals surface area contributed by atoms with Crippen LogP contribution in [-0.4, -0.2) is 28.4 Å². The van der Waals surface area contributed by atoms with Gasteiger partial charge in [-0.1, -0.05) is 40.9 Å². The van der Waals surface area contributed by atoms with Gasteiger partial charge in [-0.15, -0.1) is 0 Å². The molecular formula is C20H16ClNO3S. The highest BCUT2D eigenvalue weighted by Crippen LogP contribution is 2.32. The SMILES string of the molecule is Cc1cc(C)cc(/C=C2\SC(=O)N(CC(=O)c3ccc(Cl)cc3)C2=O)c1. The molecule has 2 amide bonds. The highest BCUT2D eigenvalue weighted by Gasteiger charge is 2.36. The van der Waals surface area contributed by atoms with E-state index in [9.17, 15) is 14.4 Å². The van der Waals surface area contributed by atoms with Gasteiger partial charge in [-0.05, 0) is 61.5 Å². The van der Waals surface area contributed by atoms with E-state index in [1.165, 1.54) is 0 Å². The summed E-state index contributed by atoms with van der Waals surface area (Å²) in [6.45, 7) is 3.66. The van der Waals surface area contributed by atoms with E-state index >= 15 is 0 Å². The Morgan fingerprint density at radius 1 is 1.08 bits per heavy atom. The quantitative estimate of drug-likeness (QED) is 0.556. The van der Waals surface area contributed by atoms with Crippen molar-refractivity contribution in [3.63, 3.8) is 0 Å². The number of ketones is 1. The van der Waals surface area contributed by atoms with Crippen LogP contribution in [0.2, 0.25) is 5.02 Å². The van der Waals surface area contributed by atoms with E-state index in [-0.39, 0.29) is 12.3 Å². The number of nitrogens with zero attached hydrogens (tertiary/aromatic N) is 1. The minimum atomic E-state index is -0.443. The molecule has 0 atom stereocenters. The second kappa shape index (κ2) is 7.48. The van der Waals surface area contributed by atoms with Crippen LogP contribution in [0.25, 0.3) is 6.08 Å². The molecule has 1 heterocycles. The Balaban J connectivity index is 1.79. The third kappa shape index (κ3) is 4.06. The van der Waals surface area contributed by atoms with Crippen LogP contribution in [0, 0.1) is 13.8 Å². The maximum atomic E-state index is 12.6. The van der Waals surface area contributed by atoms with Gasteiger partial charge in [-0.25, -0.2) is 0 Å². The molecule has 132 valence electrons. The third-order valence-electron chi connectivity index (χ3n) is 3.88. The molecular weight excluding hydrogens is 370 g/mol. The molecule has 1 saturated heterocycles. The lowest BCUT2D eigenvalue weighted by Crippen LogP contribution is -2.33. The second-order valence-corrected chi connectivity index (χ2v) is 7.55. The molecule has 0 aliphatic carbocycles. The van der Waals surface area contributed by atoms with Gasteiger partial charge in [0, 0.05) is 10.6 Å². The molecule has 2 aromatic rings. The molecule has 0 N–H and O–H groups in total. The fraction of sp³-hybridized carbons (Fsp3) is 0.150. The monoisotopic (exact) mass is 385 g/mol. The van der Waals surface area contributed by atoms with Crippen LogP contribution in [0.1, 0.15) is 27.0 Å². The largest absolute Gasteiger partial charge is 0.293 e. The number of Topliss-reactive ketones (excluding diaryl/α,β-unsaturated/α-hetero) is 1. The summed E-state index contributed by atoms with van der Waals surface area (Å²) in [5.74, 6) is -0.752. The minimum absolute atomic E-state index is 0.281. The number of amides is 2. The van der Waals surface area contributed by atoms with Crippen molar-refractivity contribution in [2.45, 2.75) is 13.8 Å². The zero-order valence-corrected chi connectivity index (χ0v) is 15.9. The number of aryl methyl sites for hydroxylation is 2. The summed E-state index contributed by atoms with van der Waals surface area (Å²) in [5.41, 5.74) is 3.42. The average Bonchev–Trinajstić information content (AvgIpc) is 2.82. The van der Waals surface area contributed by atoms with Crippen molar-refractivity contribution < 1.29 is 14.4 Å². The fourth-order valence-electron chi connectivity index (χ4n) is 2.75. The zero-order chi connectivity index (χ0) is 18.8. The lowest BCUT2D eigenvalue weighted by molar-refractivity contribution is -0.122. The van der Waals surface area contributed by atoms with E-state index in [2.05, 4.69) is 0 Å². The number of hydrogen-bond acceptors (Lipinski definition) is 4. The Morgan fingerprint density at radius 2 is 1.69 bits per heavy atom. The van der Waals surface area contributed by atoms with Gasteiger partial charge in [0.15, 0.2) is 5.78 Å². The summed E-state index contributed by atoms with van der Waals surface area (Å²) in [4.78, 5) is 38.4. The second-order valence-electron chi connectivity index (χ2n) is 6.12. The Hall–Kier alpha value is -2.37. The standard InChI is InChI=1S/C20H16ClNO3S/c1-12-7-13(2)9-14(8-12)10-18-19(24)22(20(25)26-18)11-17(23)15-3-5-16(21)6-4-15/h3-10H,11H2,1-2H3/b18-10-. The van der Waals surface area contributed by atoms with Gasteiger partial charge in [0.25, 0.3) is 11.1 Å². The number of benzene rings is 2. The Kier molecular flexibility index (Phi) is 5.30. The lowest BCUT2D eigenvalue weighted by Gasteiger charge is -2.11. The van der Waals surface area contributed by atoms with Gasteiger partial charge in [-0.2, -0.15) is 0 Å². The highest BCUT2D eigenvalue weighted by molar-refractivity contribution is 8.18. The molecule has 4 nitrogen and oxygen atoms in total. The van der Waals surface area contributed by atoms with Crippen LogP contribution >= 0.6 is 23.4 Å². The Morgan fingerprint density at radius 3 is 2.31 bits per heavy atom. The van der Waals surface area contributed by atoms with Crippen LogP contribution in [0.15, 0.2) is 47.4 Å². The van der Waals surface area contributed by atoms with Crippen molar-refractivity contribution in [3.8, 4) is 0 Å². The molecule has 0 bridgehead atoms. The summed E-state index contributed by atoms with van der Waals surface area (Å²) in [5, 5.41) is 0.0806. The summed E-state index contributed by atoms with van der Waals surface area (Å²) in [6.07, 6.45) is 1.69. The Labute approximate surface area is 160 Å². The molecule has 26 heavy (non-hydrogen) atoms.